The predicted octanol–water partition coefficient (Wildman–Crippen LogP) is 2.91. The Morgan fingerprint density at radius 1 is 1.40 bits per heavy atom. The summed E-state index contributed by atoms with van der Waals surface area (Å²) >= 11 is 1.78. The average Bonchev–Trinajstić information content (AvgIpc) is 3.00. The summed E-state index contributed by atoms with van der Waals surface area (Å²) in [6, 6.07) is 7.96. The first-order chi connectivity index (χ1) is 7.19. The molecule has 1 fully saturated rings. The van der Waals surface area contributed by atoms with E-state index in [1.54, 1.807) is 11.8 Å². The van der Waals surface area contributed by atoms with E-state index < -0.39 is 11.4 Å². The van der Waals surface area contributed by atoms with Gasteiger partial charge in [-0.15, -0.1) is 11.8 Å². The van der Waals surface area contributed by atoms with E-state index in [1.165, 1.54) is 4.90 Å². The maximum Gasteiger partial charge on any atom is 0.314 e. The van der Waals surface area contributed by atoms with E-state index in [0.717, 1.165) is 24.2 Å². The summed E-state index contributed by atoms with van der Waals surface area (Å²) in [5.41, 5.74) is 0.394. The second-order valence-corrected chi connectivity index (χ2v) is 5.18. The van der Waals surface area contributed by atoms with Crippen LogP contribution in [-0.4, -0.2) is 16.8 Å². The highest BCUT2D eigenvalue weighted by molar-refractivity contribution is 7.99. The van der Waals surface area contributed by atoms with Crippen molar-refractivity contribution in [2.45, 2.75) is 30.1 Å². The molecule has 1 aromatic carbocycles. The zero-order valence-corrected chi connectivity index (χ0v) is 9.51. The van der Waals surface area contributed by atoms with Gasteiger partial charge < -0.3 is 5.11 Å². The van der Waals surface area contributed by atoms with Crippen LogP contribution in [0.2, 0.25) is 0 Å². The van der Waals surface area contributed by atoms with Gasteiger partial charge in [-0.2, -0.15) is 0 Å². The van der Waals surface area contributed by atoms with E-state index in [2.05, 4.69) is 6.92 Å². The van der Waals surface area contributed by atoms with Crippen LogP contribution in [-0.2, 0) is 10.2 Å². The number of carboxylic acid groups (broad SMARTS) is 1. The van der Waals surface area contributed by atoms with Gasteiger partial charge >= 0.3 is 5.97 Å². The lowest BCUT2D eigenvalue weighted by molar-refractivity contribution is -0.140. The molecule has 0 radical (unpaired) electrons. The lowest BCUT2D eigenvalue weighted by atomic mass is 9.96. The molecule has 1 aliphatic rings. The van der Waals surface area contributed by atoms with Crippen molar-refractivity contribution in [2.75, 3.05) is 5.75 Å². The fourth-order valence-electron chi connectivity index (χ4n) is 1.79. The SMILES string of the molecule is CCSc1ccc(C2(C(=O)O)CC2)cc1. The number of aliphatic carboxylic acids is 1. The average molecular weight is 222 g/mol. The molecule has 0 aliphatic heterocycles. The van der Waals surface area contributed by atoms with E-state index >= 15 is 0 Å². The Morgan fingerprint density at radius 2 is 2.00 bits per heavy atom. The van der Waals surface area contributed by atoms with Gasteiger partial charge in [0, 0.05) is 4.90 Å². The van der Waals surface area contributed by atoms with Crippen LogP contribution in [0.5, 0.6) is 0 Å². The molecule has 0 atom stereocenters. The van der Waals surface area contributed by atoms with Crippen molar-refractivity contribution in [2.24, 2.45) is 0 Å². The third kappa shape index (κ3) is 1.88. The van der Waals surface area contributed by atoms with E-state index in [-0.39, 0.29) is 0 Å². The van der Waals surface area contributed by atoms with Crippen molar-refractivity contribution in [3.63, 3.8) is 0 Å². The molecule has 0 heterocycles. The van der Waals surface area contributed by atoms with Crippen LogP contribution in [0, 0.1) is 0 Å². The number of hydrogen-bond acceptors (Lipinski definition) is 2. The largest absolute Gasteiger partial charge is 0.481 e. The minimum absolute atomic E-state index is 0.560. The van der Waals surface area contributed by atoms with Crippen molar-refractivity contribution in [3.8, 4) is 0 Å². The third-order valence-corrected chi connectivity index (χ3v) is 3.77. The molecule has 80 valence electrons. The summed E-state index contributed by atoms with van der Waals surface area (Å²) in [6.07, 6.45) is 1.56. The van der Waals surface area contributed by atoms with Crippen LogP contribution >= 0.6 is 11.8 Å². The molecule has 2 rings (SSSR count). The molecular weight excluding hydrogens is 208 g/mol. The summed E-state index contributed by atoms with van der Waals surface area (Å²) in [6.45, 7) is 2.11. The second-order valence-electron chi connectivity index (χ2n) is 3.84. The molecule has 1 saturated carbocycles. The molecule has 3 heteroatoms. The zero-order valence-electron chi connectivity index (χ0n) is 8.69. The van der Waals surface area contributed by atoms with Gasteiger partial charge in [0.05, 0.1) is 5.41 Å². The van der Waals surface area contributed by atoms with Crippen LogP contribution in [0.3, 0.4) is 0 Å². The first-order valence-electron chi connectivity index (χ1n) is 5.16. The van der Waals surface area contributed by atoms with Gasteiger partial charge in [0.2, 0.25) is 0 Å². The van der Waals surface area contributed by atoms with Gasteiger partial charge in [0.15, 0.2) is 0 Å². The highest BCUT2D eigenvalue weighted by Crippen LogP contribution is 2.48. The van der Waals surface area contributed by atoms with Gasteiger partial charge in [-0.1, -0.05) is 19.1 Å². The van der Waals surface area contributed by atoms with E-state index in [4.69, 9.17) is 5.11 Å². The molecule has 1 aliphatic carbocycles. The fraction of sp³-hybridized carbons (Fsp3) is 0.417. The Labute approximate surface area is 93.7 Å². The number of carbonyl (C=O) groups is 1. The first kappa shape index (κ1) is 10.6. The van der Waals surface area contributed by atoms with Crippen LogP contribution in [0.15, 0.2) is 29.2 Å². The lowest BCUT2D eigenvalue weighted by Crippen LogP contribution is -2.19. The normalized spacial score (nSPS) is 17.4. The maximum atomic E-state index is 11.1. The molecule has 0 spiro atoms. The molecule has 0 aromatic heterocycles. The number of rotatable bonds is 4. The quantitative estimate of drug-likeness (QED) is 0.796. The highest BCUT2D eigenvalue weighted by Gasteiger charge is 2.51. The Bertz CT molecular complexity index is 366. The molecule has 1 aromatic rings. The van der Waals surface area contributed by atoms with Crippen molar-refractivity contribution in [3.05, 3.63) is 29.8 Å². The van der Waals surface area contributed by atoms with Gasteiger partial charge in [-0.05, 0) is 36.3 Å². The van der Waals surface area contributed by atoms with E-state index in [9.17, 15) is 4.79 Å². The molecule has 1 N–H and O–H groups in total. The highest BCUT2D eigenvalue weighted by atomic mass is 32.2. The minimum atomic E-state index is -0.682. The summed E-state index contributed by atoms with van der Waals surface area (Å²) in [5.74, 6) is 0.363. The van der Waals surface area contributed by atoms with Gasteiger partial charge in [0.25, 0.3) is 0 Å². The predicted molar refractivity (Wildman–Crippen MR) is 61.4 cm³/mol. The summed E-state index contributed by atoms with van der Waals surface area (Å²) < 4.78 is 0. The Balaban J connectivity index is 2.20. The Morgan fingerprint density at radius 3 is 2.40 bits per heavy atom. The second kappa shape index (κ2) is 3.89. The maximum absolute atomic E-state index is 11.1. The molecule has 0 unspecified atom stereocenters. The van der Waals surface area contributed by atoms with Crippen LogP contribution in [0.1, 0.15) is 25.3 Å². The number of thioether (sulfide) groups is 1. The van der Waals surface area contributed by atoms with Crippen molar-refractivity contribution in [1.29, 1.82) is 0 Å². The van der Waals surface area contributed by atoms with Crippen LogP contribution in [0.4, 0.5) is 0 Å². The minimum Gasteiger partial charge on any atom is -0.481 e. The van der Waals surface area contributed by atoms with E-state index in [1.807, 2.05) is 24.3 Å². The van der Waals surface area contributed by atoms with Gasteiger partial charge in [-0.3, -0.25) is 4.79 Å². The van der Waals surface area contributed by atoms with Gasteiger partial charge in [0.1, 0.15) is 0 Å². The molecule has 0 bridgehead atoms. The number of hydrogen-bond donors (Lipinski definition) is 1. The third-order valence-electron chi connectivity index (χ3n) is 2.88. The van der Waals surface area contributed by atoms with E-state index in [0.29, 0.717) is 0 Å². The molecule has 0 saturated heterocycles. The van der Waals surface area contributed by atoms with Crippen molar-refractivity contribution >= 4 is 17.7 Å². The molecule has 0 amide bonds. The smallest absolute Gasteiger partial charge is 0.314 e. The molecule has 2 nitrogen and oxygen atoms in total. The topological polar surface area (TPSA) is 37.3 Å². The van der Waals surface area contributed by atoms with Crippen LogP contribution in [0.25, 0.3) is 0 Å². The zero-order chi connectivity index (χ0) is 10.9. The molecule has 15 heavy (non-hydrogen) atoms. The summed E-state index contributed by atoms with van der Waals surface area (Å²) in [7, 11) is 0. The molecular formula is C12H14O2S. The first-order valence-corrected chi connectivity index (χ1v) is 6.14. The Kier molecular flexibility index (Phi) is 2.74. The summed E-state index contributed by atoms with van der Waals surface area (Å²) in [5, 5.41) is 9.12. The Hall–Kier alpha value is -0.960. The fourth-order valence-corrected chi connectivity index (χ4v) is 2.45. The van der Waals surface area contributed by atoms with Crippen molar-refractivity contribution in [1.82, 2.24) is 0 Å². The monoisotopic (exact) mass is 222 g/mol. The summed E-state index contributed by atoms with van der Waals surface area (Å²) in [4.78, 5) is 12.3. The number of carboxylic acids is 1. The standard InChI is InChI=1S/C12H14O2S/c1-2-15-10-5-3-9(4-6-10)12(7-8-12)11(13)14/h3-6H,2,7-8H2,1H3,(H,13,14). The van der Waals surface area contributed by atoms with Gasteiger partial charge in [-0.25, -0.2) is 0 Å². The number of benzene rings is 1. The lowest BCUT2D eigenvalue weighted by Gasteiger charge is -2.10. The van der Waals surface area contributed by atoms with Crippen molar-refractivity contribution < 1.29 is 9.90 Å². The van der Waals surface area contributed by atoms with Crippen LogP contribution < -0.4 is 0 Å².